The van der Waals surface area contributed by atoms with Gasteiger partial charge < -0.3 is 14.8 Å². The molecule has 33 heavy (non-hydrogen) atoms. The van der Waals surface area contributed by atoms with Crippen molar-refractivity contribution < 1.29 is 14.3 Å². The van der Waals surface area contributed by atoms with Gasteiger partial charge in [-0.25, -0.2) is 4.98 Å². The average Bonchev–Trinajstić information content (AvgIpc) is 3.15. The molecule has 0 bridgehead atoms. The van der Waals surface area contributed by atoms with Gasteiger partial charge in [-0.1, -0.05) is 12.1 Å². The Morgan fingerprint density at radius 3 is 2.64 bits per heavy atom. The number of thiazole rings is 1. The van der Waals surface area contributed by atoms with Crippen LogP contribution >= 0.6 is 11.3 Å². The monoisotopic (exact) mass is 463 g/mol. The van der Waals surface area contributed by atoms with Crippen molar-refractivity contribution in [3.05, 3.63) is 86.3 Å². The van der Waals surface area contributed by atoms with E-state index in [1.54, 1.807) is 10.5 Å². The van der Waals surface area contributed by atoms with E-state index in [1.165, 1.54) is 23.0 Å². The molecule has 4 aromatic rings. The summed E-state index contributed by atoms with van der Waals surface area (Å²) in [6.45, 7) is 7.81. The number of hydrogen-bond acceptors (Lipinski definition) is 6. The van der Waals surface area contributed by atoms with E-state index in [0.29, 0.717) is 27.8 Å². The fourth-order valence-electron chi connectivity index (χ4n) is 3.33. The normalized spacial score (nSPS) is 10.9. The summed E-state index contributed by atoms with van der Waals surface area (Å²) in [4.78, 5) is 30.0. The van der Waals surface area contributed by atoms with Gasteiger partial charge in [0.15, 0.2) is 11.6 Å². The molecule has 170 valence electrons. The highest BCUT2D eigenvalue weighted by atomic mass is 32.1. The van der Waals surface area contributed by atoms with Gasteiger partial charge in [0.05, 0.1) is 11.4 Å². The first-order valence-electron chi connectivity index (χ1n) is 10.5. The quantitative estimate of drug-likeness (QED) is 0.434. The summed E-state index contributed by atoms with van der Waals surface area (Å²) in [6.07, 6.45) is 0. The zero-order valence-electron chi connectivity index (χ0n) is 19.0. The summed E-state index contributed by atoms with van der Waals surface area (Å²) < 4.78 is 13.1. The molecule has 0 aliphatic carbocycles. The highest BCUT2D eigenvalue weighted by Crippen LogP contribution is 2.27. The molecule has 8 heteroatoms. The molecule has 0 aliphatic rings. The number of carbonyl (C=O) groups excluding carboxylic acids is 1. The average molecular weight is 464 g/mol. The summed E-state index contributed by atoms with van der Waals surface area (Å²) in [5.41, 5.74) is 5.01. The van der Waals surface area contributed by atoms with Gasteiger partial charge in [0.1, 0.15) is 18.1 Å². The molecule has 0 radical (unpaired) electrons. The third-order valence-electron chi connectivity index (χ3n) is 5.26. The standard InChI is InChI=1S/C25H25N3O4S/c1-15-5-8-22(32-12-19-11-24(30)28-18(4)14-33-25(28)26-19)21(9-15)27-23(29)13-31-20-7-6-16(2)17(3)10-20/h5-11,14H,12-13H2,1-4H3,(H,27,29). The number of aryl methyl sites for hydroxylation is 4. The van der Waals surface area contributed by atoms with Crippen LogP contribution in [0, 0.1) is 27.7 Å². The van der Waals surface area contributed by atoms with Crippen LogP contribution in [-0.2, 0) is 11.4 Å². The van der Waals surface area contributed by atoms with E-state index < -0.39 is 0 Å². The molecule has 0 unspecified atom stereocenters. The predicted octanol–water partition coefficient (Wildman–Crippen LogP) is 4.59. The van der Waals surface area contributed by atoms with Crippen molar-refractivity contribution in [2.45, 2.75) is 34.3 Å². The van der Waals surface area contributed by atoms with Crippen LogP contribution < -0.4 is 20.3 Å². The Morgan fingerprint density at radius 1 is 1.03 bits per heavy atom. The van der Waals surface area contributed by atoms with E-state index >= 15 is 0 Å². The summed E-state index contributed by atoms with van der Waals surface area (Å²) in [5.74, 6) is 0.838. The first kappa shape index (κ1) is 22.5. The molecule has 0 saturated carbocycles. The summed E-state index contributed by atoms with van der Waals surface area (Å²) in [6, 6.07) is 12.7. The zero-order valence-corrected chi connectivity index (χ0v) is 19.8. The number of rotatable bonds is 7. The maximum absolute atomic E-state index is 12.5. The lowest BCUT2D eigenvalue weighted by atomic mass is 10.1. The molecule has 2 aromatic heterocycles. The largest absolute Gasteiger partial charge is 0.485 e. The van der Waals surface area contributed by atoms with Crippen molar-refractivity contribution in [1.29, 1.82) is 0 Å². The minimum absolute atomic E-state index is 0.105. The van der Waals surface area contributed by atoms with Crippen molar-refractivity contribution in [3.63, 3.8) is 0 Å². The van der Waals surface area contributed by atoms with Crippen LogP contribution in [0.25, 0.3) is 4.96 Å². The second-order valence-electron chi connectivity index (χ2n) is 7.95. The Kier molecular flexibility index (Phi) is 6.46. The van der Waals surface area contributed by atoms with Crippen molar-refractivity contribution >= 4 is 27.9 Å². The minimum atomic E-state index is -0.296. The SMILES string of the molecule is Cc1ccc(OCc2cc(=O)n3c(C)csc3n2)c(NC(=O)COc2ccc(C)c(C)c2)c1. The predicted molar refractivity (Wildman–Crippen MR) is 130 cm³/mol. The number of ether oxygens (including phenoxy) is 2. The molecule has 0 atom stereocenters. The van der Waals surface area contributed by atoms with Crippen molar-refractivity contribution in [2.75, 3.05) is 11.9 Å². The van der Waals surface area contributed by atoms with Crippen molar-refractivity contribution in [1.82, 2.24) is 9.38 Å². The Labute approximate surface area is 195 Å². The smallest absolute Gasteiger partial charge is 0.262 e. The van der Waals surface area contributed by atoms with Crippen LogP contribution in [0.3, 0.4) is 0 Å². The number of hydrogen-bond donors (Lipinski definition) is 1. The third kappa shape index (κ3) is 5.23. The topological polar surface area (TPSA) is 81.9 Å². The number of nitrogens with zero attached hydrogens (tertiary/aromatic N) is 2. The van der Waals surface area contributed by atoms with Gasteiger partial charge in [-0.3, -0.25) is 14.0 Å². The Morgan fingerprint density at radius 2 is 1.85 bits per heavy atom. The second-order valence-corrected chi connectivity index (χ2v) is 8.79. The molecule has 4 rings (SSSR count). The number of nitrogens with one attached hydrogen (secondary N) is 1. The van der Waals surface area contributed by atoms with Crippen LogP contribution in [0.15, 0.2) is 52.6 Å². The summed E-state index contributed by atoms with van der Waals surface area (Å²) in [5, 5.41) is 4.75. The van der Waals surface area contributed by atoms with Crippen LogP contribution in [0.2, 0.25) is 0 Å². The molecule has 2 heterocycles. The van der Waals surface area contributed by atoms with E-state index in [2.05, 4.69) is 10.3 Å². The number of benzene rings is 2. The van der Waals surface area contributed by atoms with Crippen LogP contribution in [-0.4, -0.2) is 21.9 Å². The van der Waals surface area contributed by atoms with Crippen molar-refractivity contribution in [2.24, 2.45) is 0 Å². The Hall–Kier alpha value is -3.65. The molecule has 0 saturated heterocycles. The molecule has 0 fully saturated rings. The first-order chi connectivity index (χ1) is 15.8. The third-order valence-corrected chi connectivity index (χ3v) is 6.21. The highest BCUT2D eigenvalue weighted by molar-refractivity contribution is 7.15. The van der Waals surface area contributed by atoms with Gasteiger partial charge in [-0.2, -0.15) is 0 Å². The maximum Gasteiger partial charge on any atom is 0.262 e. The molecule has 0 aliphatic heterocycles. The van der Waals surface area contributed by atoms with E-state index in [9.17, 15) is 9.59 Å². The van der Waals surface area contributed by atoms with Gasteiger partial charge >= 0.3 is 0 Å². The number of aromatic nitrogens is 2. The fraction of sp³-hybridized carbons (Fsp3) is 0.240. The Balaban J connectivity index is 1.44. The number of amides is 1. The van der Waals surface area contributed by atoms with E-state index in [1.807, 2.05) is 63.4 Å². The molecule has 0 spiro atoms. The van der Waals surface area contributed by atoms with Crippen LogP contribution in [0.1, 0.15) is 28.1 Å². The van der Waals surface area contributed by atoms with E-state index in [-0.39, 0.29) is 24.7 Å². The molecule has 7 nitrogen and oxygen atoms in total. The van der Waals surface area contributed by atoms with E-state index in [4.69, 9.17) is 9.47 Å². The van der Waals surface area contributed by atoms with Gasteiger partial charge in [0, 0.05) is 17.1 Å². The van der Waals surface area contributed by atoms with Gasteiger partial charge in [-0.05, 0) is 68.7 Å². The highest BCUT2D eigenvalue weighted by Gasteiger charge is 2.12. The van der Waals surface area contributed by atoms with Crippen LogP contribution in [0.5, 0.6) is 11.5 Å². The lowest BCUT2D eigenvalue weighted by Crippen LogP contribution is -2.21. The van der Waals surface area contributed by atoms with E-state index in [0.717, 1.165) is 16.8 Å². The fourth-order valence-corrected chi connectivity index (χ4v) is 4.22. The lowest BCUT2D eigenvalue weighted by Gasteiger charge is -2.14. The minimum Gasteiger partial charge on any atom is -0.485 e. The number of fused-ring (bicyclic) bond motifs is 1. The molecule has 1 N–H and O–H groups in total. The maximum atomic E-state index is 12.5. The van der Waals surface area contributed by atoms with Crippen molar-refractivity contribution in [3.8, 4) is 11.5 Å². The summed E-state index contributed by atoms with van der Waals surface area (Å²) in [7, 11) is 0. The Bertz CT molecular complexity index is 1390. The number of anilines is 1. The number of carbonyl (C=O) groups is 1. The zero-order chi connectivity index (χ0) is 23.5. The molecule has 2 aromatic carbocycles. The van der Waals surface area contributed by atoms with Gasteiger partial charge in [0.2, 0.25) is 0 Å². The lowest BCUT2D eigenvalue weighted by molar-refractivity contribution is -0.118. The van der Waals surface area contributed by atoms with Gasteiger partial charge in [-0.15, -0.1) is 11.3 Å². The van der Waals surface area contributed by atoms with Crippen LogP contribution in [0.4, 0.5) is 5.69 Å². The molecular weight excluding hydrogens is 438 g/mol. The summed E-state index contributed by atoms with van der Waals surface area (Å²) >= 11 is 1.41. The second kappa shape index (κ2) is 9.46. The van der Waals surface area contributed by atoms with Gasteiger partial charge in [0.25, 0.3) is 11.5 Å². The molecular formula is C25H25N3O4S. The molecule has 1 amide bonds. The first-order valence-corrected chi connectivity index (χ1v) is 11.4.